The van der Waals surface area contributed by atoms with Crippen LogP contribution in [0.15, 0.2) is 48.5 Å². The highest BCUT2D eigenvalue weighted by Gasteiger charge is 2.32. The third-order valence-corrected chi connectivity index (χ3v) is 5.55. The number of hydrogen-bond donors (Lipinski definition) is 3. The first-order chi connectivity index (χ1) is 14.7. The number of anilines is 1. The molecule has 1 aliphatic heterocycles. The molecule has 7 heteroatoms. The largest absolute Gasteiger partial charge is 0.341 e. The molecular weight excluding hydrogens is 376 g/mol. The zero-order valence-electron chi connectivity index (χ0n) is 17.1. The number of carbonyl (C=O) groups excluding carboxylic acids is 1. The first-order valence-electron chi connectivity index (χ1n) is 10.4. The number of carbonyl (C=O) groups is 1. The van der Waals surface area contributed by atoms with E-state index in [1.165, 1.54) is 0 Å². The van der Waals surface area contributed by atoms with Crippen molar-refractivity contribution in [3.63, 3.8) is 0 Å². The van der Waals surface area contributed by atoms with Gasteiger partial charge < -0.3 is 15.6 Å². The van der Waals surface area contributed by atoms with Crippen molar-refractivity contribution in [3.05, 3.63) is 59.9 Å². The van der Waals surface area contributed by atoms with Crippen LogP contribution in [-0.4, -0.2) is 40.0 Å². The van der Waals surface area contributed by atoms with Gasteiger partial charge in [-0.25, -0.2) is 9.78 Å². The Morgan fingerprint density at radius 2 is 2.07 bits per heavy atom. The molecule has 1 aliphatic rings. The van der Waals surface area contributed by atoms with Crippen LogP contribution >= 0.6 is 0 Å². The second-order valence-corrected chi connectivity index (χ2v) is 7.70. The topological polar surface area (TPSA) is 96.8 Å². The maximum absolute atomic E-state index is 12.5. The van der Waals surface area contributed by atoms with Gasteiger partial charge in [0.25, 0.3) is 0 Å². The van der Waals surface area contributed by atoms with E-state index in [1.807, 2.05) is 24.3 Å². The Morgan fingerprint density at radius 3 is 2.80 bits per heavy atom. The molecule has 1 aromatic heterocycles. The number of hydrogen-bond acceptors (Lipinski definition) is 4. The van der Waals surface area contributed by atoms with Gasteiger partial charge in [-0.1, -0.05) is 19.1 Å². The van der Waals surface area contributed by atoms with E-state index in [-0.39, 0.29) is 18.1 Å². The summed E-state index contributed by atoms with van der Waals surface area (Å²) < 4.78 is 0. The molecule has 7 nitrogen and oxygen atoms in total. The number of aromatic nitrogens is 2. The molecular formula is C23H26N6O. The molecule has 3 aromatic rings. The summed E-state index contributed by atoms with van der Waals surface area (Å²) in [6.45, 7) is 4.11. The van der Waals surface area contributed by atoms with Crippen LogP contribution in [0.3, 0.4) is 0 Å². The van der Waals surface area contributed by atoms with E-state index in [2.05, 4.69) is 33.5 Å². The van der Waals surface area contributed by atoms with Gasteiger partial charge >= 0.3 is 6.03 Å². The van der Waals surface area contributed by atoms with Crippen LogP contribution in [-0.2, 0) is 0 Å². The fourth-order valence-corrected chi connectivity index (χ4v) is 4.10. The number of rotatable bonds is 5. The van der Waals surface area contributed by atoms with Crippen LogP contribution in [0, 0.1) is 11.3 Å². The highest BCUT2D eigenvalue weighted by Crippen LogP contribution is 2.31. The average Bonchev–Trinajstić information content (AvgIpc) is 3.19. The number of piperidine rings is 1. The van der Waals surface area contributed by atoms with E-state index < -0.39 is 0 Å². The molecule has 1 fully saturated rings. The van der Waals surface area contributed by atoms with Crippen LogP contribution in [0.1, 0.15) is 43.6 Å². The Labute approximate surface area is 176 Å². The lowest BCUT2D eigenvalue weighted by atomic mass is 9.96. The maximum atomic E-state index is 12.5. The molecule has 2 unspecified atom stereocenters. The van der Waals surface area contributed by atoms with Crippen molar-refractivity contribution < 1.29 is 4.79 Å². The molecule has 154 valence electrons. The van der Waals surface area contributed by atoms with E-state index in [0.717, 1.165) is 49.2 Å². The summed E-state index contributed by atoms with van der Waals surface area (Å²) in [5, 5.41) is 14.9. The lowest BCUT2D eigenvalue weighted by Crippen LogP contribution is -2.47. The second kappa shape index (κ2) is 8.97. The molecule has 0 aliphatic carbocycles. The quantitative estimate of drug-likeness (QED) is 0.597. The number of benzene rings is 2. The SMILES string of the molecule is CCCN1CCC(NC(=O)Nc2ccc(C#N)cc2)CC1c1nc2ccccc2[nH]1. The molecule has 0 spiro atoms. The molecule has 4 rings (SSSR count). The zero-order chi connectivity index (χ0) is 20.9. The molecule has 0 radical (unpaired) electrons. The summed E-state index contributed by atoms with van der Waals surface area (Å²) >= 11 is 0. The van der Waals surface area contributed by atoms with E-state index in [4.69, 9.17) is 10.2 Å². The lowest BCUT2D eigenvalue weighted by molar-refractivity contribution is 0.122. The Bertz CT molecular complexity index is 1020. The predicted octanol–water partition coefficient (Wildman–Crippen LogP) is 4.17. The van der Waals surface area contributed by atoms with E-state index in [1.54, 1.807) is 24.3 Å². The lowest BCUT2D eigenvalue weighted by Gasteiger charge is -2.38. The summed E-state index contributed by atoms with van der Waals surface area (Å²) in [5.74, 6) is 0.962. The van der Waals surface area contributed by atoms with Gasteiger partial charge in [0.1, 0.15) is 5.82 Å². The van der Waals surface area contributed by atoms with Crippen molar-refractivity contribution >= 4 is 22.8 Å². The first-order valence-corrected chi connectivity index (χ1v) is 10.4. The smallest absolute Gasteiger partial charge is 0.319 e. The number of amides is 2. The molecule has 2 atom stereocenters. The summed E-state index contributed by atoms with van der Waals surface area (Å²) in [7, 11) is 0. The molecule has 3 N–H and O–H groups in total. The van der Waals surface area contributed by atoms with Gasteiger partial charge in [0.15, 0.2) is 0 Å². The number of urea groups is 1. The first kappa shape index (κ1) is 19.9. The number of nitrogens with zero attached hydrogens (tertiary/aromatic N) is 3. The van der Waals surface area contributed by atoms with Crippen LogP contribution in [0.5, 0.6) is 0 Å². The van der Waals surface area contributed by atoms with Crippen molar-refractivity contribution in [2.24, 2.45) is 0 Å². The van der Waals surface area contributed by atoms with E-state index in [0.29, 0.717) is 11.3 Å². The Morgan fingerprint density at radius 1 is 1.27 bits per heavy atom. The minimum Gasteiger partial charge on any atom is -0.341 e. The van der Waals surface area contributed by atoms with Gasteiger partial charge in [0.2, 0.25) is 0 Å². The molecule has 0 saturated carbocycles. The van der Waals surface area contributed by atoms with Crippen molar-refractivity contribution in [2.75, 3.05) is 18.4 Å². The standard InChI is InChI=1S/C23H26N6O/c1-2-12-29-13-11-18(26-23(30)25-17-9-7-16(15-24)8-10-17)14-21(29)22-27-19-5-3-4-6-20(19)28-22/h3-10,18,21H,2,11-14H2,1H3,(H,27,28)(H2,25,26,30). The Hall–Kier alpha value is -3.37. The molecule has 2 heterocycles. The number of fused-ring (bicyclic) bond motifs is 1. The number of para-hydroxylation sites is 2. The number of aromatic amines is 1. The predicted molar refractivity (Wildman–Crippen MR) is 117 cm³/mol. The van der Waals surface area contributed by atoms with Crippen LogP contribution < -0.4 is 10.6 Å². The van der Waals surface area contributed by atoms with Crippen molar-refractivity contribution in [1.29, 1.82) is 5.26 Å². The van der Waals surface area contributed by atoms with Crippen molar-refractivity contribution in [2.45, 2.75) is 38.3 Å². The van der Waals surface area contributed by atoms with Crippen LogP contribution in [0.2, 0.25) is 0 Å². The summed E-state index contributed by atoms with van der Waals surface area (Å²) in [6.07, 6.45) is 2.78. The third-order valence-electron chi connectivity index (χ3n) is 5.55. The fraction of sp³-hybridized carbons (Fsp3) is 0.348. The average molecular weight is 403 g/mol. The number of likely N-dealkylation sites (tertiary alicyclic amines) is 1. The molecule has 0 bridgehead atoms. The van der Waals surface area contributed by atoms with E-state index >= 15 is 0 Å². The van der Waals surface area contributed by atoms with Crippen molar-refractivity contribution in [1.82, 2.24) is 20.2 Å². The number of imidazole rings is 1. The Kier molecular flexibility index (Phi) is 5.96. The van der Waals surface area contributed by atoms with E-state index in [9.17, 15) is 4.79 Å². The Balaban J connectivity index is 1.44. The monoisotopic (exact) mass is 402 g/mol. The van der Waals surface area contributed by atoms with Crippen molar-refractivity contribution in [3.8, 4) is 6.07 Å². The number of H-pyrrole nitrogens is 1. The van der Waals surface area contributed by atoms with Crippen LogP contribution in [0.25, 0.3) is 11.0 Å². The van der Waals surface area contributed by atoms with Gasteiger partial charge in [-0.2, -0.15) is 5.26 Å². The second-order valence-electron chi connectivity index (χ2n) is 7.70. The number of nitrogens with one attached hydrogen (secondary N) is 3. The van der Waals surface area contributed by atoms with Gasteiger partial charge in [0.05, 0.1) is 28.7 Å². The highest BCUT2D eigenvalue weighted by atomic mass is 16.2. The normalized spacial score (nSPS) is 19.3. The van der Waals surface area contributed by atoms with Gasteiger partial charge in [0, 0.05) is 18.3 Å². The summed E-state index contributed by atoms with van der Waals surface area (Å²) in [6, 6.07) is 17.0. The highest BCUT2D eigenvalue weighted by molar-refractivity contribution is 5.89. The molecule has 2 aromatic carbocycles. The molecule has 2 amide bonds. The molecule has 1 saturated heterocycles. The third kappa shape index (κ3) is 4.44. The van der Waals surface area contributed by atoms with Crippen LogP contribution in [0.4, 0.5) is 10.5 Å². The maximum Gasteiger partial charge on any atom is 0.319 e. The zero-order valence-corrected chi connectivity index (χ0v) is 17.1. The summed E-state index contributed by atoms with van der Waals surface area (Å²) in [4.78, 5) is 23.2. The minimum absolute atomic E-state index is 0.0645. The minimum atomic E-state index is -0.225. The van der Waals surface area contributed by atoms with Gasteiger partial charge in [-0.05, 0) is 62.2 Å². The fourth-order valence-electron chi connectivity index (χ4n) is 4.10. The number of nitriles is 1. The molecule has 30 heavy (non-hydrogen) atoms. The summed E-state index contributed by atoms with van der Waals surface area (Å²) in [5.41, 5.74) is 3.25. The van der Waals surface area contributed by atoms with Gasteiger partial charge in [-0.15, -0.1) is 0 Å². The van der Waals surface area contributed by atoms with Gasteiger partial charge in [-0.3, -0.25) is 4.90 Å².